The van der Waals surface area contributed by atoms with Gasteiger partial charge in [-0.15, -0.1) is 0 Å². The number of carbonyl (C=O) groups excluding carboxylic acids is 2. The Morgan fingerprint density at radius 2 is 1.38 bits per heavy atom. The Hall–Kier alpha value is -3.51. The van der Waals surface area contributed by atoms with Crippen LogP contribution < -0.4 is 10.6 Å². The highest BCUT2D eigenvalue weighted by molar-refractivity contribution is 5.91. The highest BCUT2D eigenvalue weighted by atomic mass is 16.6. The van der Waals surface area contributed by atoms with E-state index in [1.165, 1.54) is 13.8 Å². The molecule has 0 aliphatic heterocycles. The van der Waals surface area contributed by atoms with Gasteiger partial charge in [0.05, 0.1) is 23.1 Å². The molecule has 0 radical (unpaired) electrons. The topological polar surface area (TPSA) is 176 Å². The van der Waals surface area contributed by atoms with E-state index in [4.69, 9.17) is 0 Å². The van der Waals surface area contributed by atoms with Crippen LogP contribution >= 0.6 is 0 Å². The first-order valence-corrected chi connectivity index (χ1v) is 6.51. The van der Waals surface area contributed by atoms with E-state index in [9.17, 15) is 29.8 Å². The van der Waals surface area contributed by atoms with Crippen molar-refractivity contribution in [3.05, 3.63) is 26.3 Å². The van der Waals surface area contributed by atoms with E-state index < -0.39 is 45.0 Å². The highest BCUT2D eigenvalue weighted by Gasteiger charge is 2.28. The molecule has 0 bridgehead atoms. The summed E-state index contributed by atoms with van der Waals surface area (Å²) < 4.78 is 9.12. The van der Waals surface area contributed by atoms with Gasteiger partial charge in [-0.2, -0.15) is 4.98 Å². The number of hydrogen-bond acceptors (Lipinski definition) is 9. The molecule has 0 aromatic carbocycles. The second-order valence-corrected chi connectivity index (χ2v) is 3.93. The zero-order valence-corrected chi connectivity index (χ0v) is 12.6. The van der Waals surface area contributed by atoms with E-state index in [-0.39, 0.29) is 13.2 Å². The van der Waals surface area contributed by atoms with Crippen molar-refractivity contribution in [2.24, 2.45) is 0 Å². The molecule has 2 amide bonds. The maximum absolute atomic E-state index is 11.4. The summed E-state index contributed by atoms with van der Waals surface area (Å²) in [5.41, 5.74) is -1.69. The fourth-order valence-electron chi connectivity index (χ4n) is 1.48. The molecule has 0 aliphatic carbocycles. The highest BCUT2D eigenvalue weighted by Crippen LogP contribution is 2.33. The average Bonchev–Trinajstić information content (AvgIpc) is 2.47. The Morgan fingerprint density at radius 1 is 1.00 bits per heavy atom. The number of anilines is 2. The van der Waals surface area contributed by atoms with Crippen LogP contribution in [-0.2, 0) is 9.47 Å². The average molecular weight is 343 g/mol. The third kappa shape index (κ3) is 4.75. The lowest BCUT2D eigenvalue weighted by Gasteiger charge is -2.09. The van der Waals surface area contributed by atoms with E-state index in [1.807, 2.05) is 10.6 Å². The number of nitrogens with zero attached hydrogens (tertiary/aromatic N) is 3. The maximum atomic E-state index is 11.4. The summed E-state index contributed by atoms with van der Waals surface area (Å²) in [7, 11) is 0. The maximum Gasteiger partial charge on any atom is 0.412 e. The predicted molar refractivity (Wildman–Crippen MR) is 78.8 cm³/mol. The van der Waals surface area contributed by atoms with Gasteiger partial charge in [0.2, 0.25) is 11.6 Å². The lowest BCUT2D eigenvalue weighted by molar-refractivity contribution is -0.393. The van der Waals surface area contributed by atoms with Gasteiger partial charge in [0.1, 0.15) is 6.07 Å². The van der Waals surface area contributed by atoms with Gasteiger partial charge in [0.15, 0.2) is 0 Å². The molecule has 0 unspecified atom stereocenters. The first-order chi connectivity index (χ1) is 11.3. The molecule has 0 fully saturated rings. The van der Waals surface area contributed by atoms with Crippen molar-refractivity contribution in [3.8, 4) is 0 Å². The number of aromatic nitrogens is 1. The normalized spacial score (nSPS) is 9.75. The Bertz CT molecular complexity index is 623. The molecule has 0 saturated carbocycles. The third-order valence-corrected chi connectivity index (χ3v) is 2.37. The molecule has 0 atom stereocenters. The van der Waals surface area contributed by atoms with Crippen LogP contribution in [0.15, 0.2) is 6.07 Å². The second kappa shape index (κ2) is 8.21. The third-order valence-electron chi connectivity index (χ3n) is 2.37. The SMILES string of the molecule is CCOC(=O)Nc1nc(NC(=O)OCC)c([N+](=O)[O-])cc1[N+](=O)[O-]. The van der Waals surface area contributed by atoms with Crippen LogP contribution in [0.2, 0.25) is 0 Å². The number of carbonyl (C=O) groups is 2. The first-order valence-electron chi connectivity index (χ1n) is 6.51. The zero-order chi connectivity index (χ0) is 18.3. The fourth-order valence-corrected chi connectivity index (χ4v) is 1.48. The number of hydrogen-bond donors (Lipinski definition) is 2. The van der Waals surface area contributed by atoms with Crippen molar-refractivity contribution in [3.63, 3.8) is 0 Å². The van der Waals surface area contributed by atoms with Crippen LogP contribution in [0.4, 0.5) is 32.6 Å². The van der Waals surface area contributed by atoms with Crippen molar-refractivity contribution < 1.29 is 28.9 Å². The smallest absolute Gasteiger partial charge is 0.412 e. The van der Waals surface area contributed by atoms with Crippen molar-refractivity contribution in [1.82, 2.24) is 4.98 Å². The number of ether oxygens (including phenoxy) is 2. The van der Waals surface area contributed by atoms with Crippen molar-refractivity contribution in [1.29, 1.82) is 0 Å². The summed E-state index contributed by atoms with van der Waals surface area (Å²) in [6.45, 7) is 2.98. The molecule has 1 heterocycles. The van der Waals surface area contributed by atoms with Crippen LogP contribution in [0.5, 0.6) is 0 Å². The van der Waals surface area contributed by atoms with E-state index >= 15 is 0 Å². The lowest BCUT2D eigenvalue weighted by atomic mass is 10.3. The van der Waals surface area contributed by atoms with Gasteiger partial charge in [-0.05, 0) is 13.8 Å². The monoisotopic (exact) mass is 343 g/mol. The summed E-state index contributed by atoms with van der Waals surface area (Å²) in [5.74, 6) is -1.26. The second-order valence-electron chi connectivity index (χ2n) is 3.93. The molecule has 0 saturated heterocycles. The van der Waals surface area contributed by atoms with Crippen LogP contribution in [0.25, 0.3) is 0 Å². The summed E-state index contributed by atoms with van der Waals surface area (Å²) in [5, 5.41) is 26.0. The zero-order valence-electron chi connectivity index (χ0n) is 12.6. The standard InChI is InChI=1S/C11H13N5O8/c1-3-23-10(17)13-8-6(15(19)20)5-7(16(21)22)9(12-8)14-11(18)24-4-2/h5H,3-4H2,1-2H3,(H2,12,13,14,17,18). The Labute approximate surface area is 134 Å². The van der Waals surface area contributed by atoms with Gasteiger partial charge < -0.3 is 9.47 Å². The minimum Gasteiger partial charge on any atom is -0.450 e. The molecule has 13 heteroatoms. The van der Waals surface area contributed by atoms with E-state index in [0.717, 1.165) is 0 Å². The molecule has 1 aromatic heterocycles. The number of nitro groups is 2. The molecule has 1 aromatic rings. The van der Waals surface area contributed by atoms with Crippen LogP contribution in [0, 0.1) is 20.2 Å². The number of amides is 2. The lowest BCUT2D eigenvalue weighted by Crippen LogP contribution is -2.19. The van der Waals surface area contributed by atoms with Gasteiger partial charge in [0, 0.05) is 0 Å². The number of nitrogens with one attached hydrogen (secondary N) is 2. The minimum atomic E-state index is -1.05. The molecule has 0 spiro atoms. The molecular weight excluding hydrogens is 330 g/mol. The van der Waals surface area contributed by atoms with E-state index in [2.05, 4.69) is 14.5 Å². The van der Waals surface area contributed by atoms with Crippen molar-refractivity contribution >= 4 is 35.2 Å². The van der Waals surface area contributed by atoms with Crippen molar-refractivity contribution in [2.45, 2.75) is 13.8 Å². The Morgan fingerprint density at radius 3 is 1.67 bits per heavy atom. The minimum absolute atomic E-state index is 0.0133. The van der Waals surface area contributed by atoms with E-state index in [0.29, 0.717) is 6.07 Å². The summed E-state index contributed by atoms with van der Waals surface area (Å²) in [4.78, 5) is 46.4. The Kier molecular flexibility index (Phi) is 6.34. The summed E-state index contributed by atoms with van der Waals surface area (Å²) in [6, 6.07) is 0.552. The van der Waals surface area contributed by atoms with Gasteiger partial charge in [-0.3, -0.25) is 30.9 Å². The van der Waals surface area contributed by atoms with Crippen LogP contribution in [0.1, 0.15) is 13.8 Å². The summed E-state index contributed by atoms with van der Waals surface area (Å²) in [6.07, 6.45) is -2.10. The molecule has 1 rings (SSSR count). The fraction of sp³-hybridized carbons (Fsp3) is 0.364. The quantitative estimate of drug-likeness (QED) is 0.577. The van der Waals surface area contributed by atoms with Crippen molar-refractivity contribution in [2.75, 3.05) is 23.8 Å². The molecule has 130 valence electrons. The predicted octanol–water partition coefficient (Wildman–Crippen LogP) is 2.03. The van der Waals surface area contributed by atoms with Crippen LogP contribution in [-0.4, -0.2) is 40.2 Å². The molecule has 2 N–H and O–H groups in total. The largest absolute Gasteiger partial charge is 0.450 e. The molecule has 13 nitrogen and oxygen atoms in total. The molecule has 24 heavy (non-hydrogen) atoms. The van der Waals surface area contributed by atoms with E-state index in [1.54, 1.807) is 0 Å². The first kappa shape index (κ1) is 18.5. The number of pyridine rings is 1. The van der Waals surface area contributed by atoms with Gasteiger partial charge in [-0.1, -0.05) is 0 Å². The van der Waals surface area contributed by atoms with Gasteiger partial charge in [-0.25, -0.2) is 9.59 Å². The number of rotatable bonds is 6. The molecular formula is C11H13N5O8. The summed E-state index contributed by atoms with van der Waals surface area (Å²) >= 11 is 0. The van der Waals surface area contributed by atoms with Gasteiger partial charge in [0.25, 0.3) is 0 Å². The van der Waals surface area contributed by atoms with Crippen LogP contribution in [0.3, 0.4) is 0 Å². The Balaban J connectivity index is 3.34. The molecule has 0 aliphatic rings. The van der Waals surface area contributed by atoms with Gasteiger partial charge >= 0.3 is 23.6 Å².